The molecule has 44 valence electrons. The maximum absolute atomic E-state index is 7.77. The van der Waals surface area contributed by atoms with Crippen LogP contribution in [0.15, 0.2) is 0 Å². The van der Waals surface area contributed by atoms with Gasteiger partial charge in [-0.25, -0.2) is 9.78 Å². The molecule has 0 aliphatic carbocycles. The van der Waals surface area contributed by atoms with E-state index in [-0.39, 0.29) is 6.61 Å². The molecule has 0 bridgehead atoms. The first-order valence-corrected chi connectivity index (χ1v) is 1.88. The first-order valence-electron chi connectivity index (χ1n) is 1.88. The summed E-state index contributed by atoms with van der Waals surface area (Å²) < 4.78 is 0. The Balaban J connectivity index is 2.83. The van der Waals surface area contributed by atoms with E-state index in [4.69, 9.17) is 10.5 Å². The molecule has 1 atom stereocenters. The highest BCUT2D eigenvalue weighted by atomic mass is 17.1. The van der Waals surface area contributed by atoms with Crippen molar-refractivity contribution in [3.05, 3.63) is 0 Å². The minimum atomic E-state index is -0.468. The molecule has 0 amide bonds. The average Bonchev–Trinajstić information content (AvgIpc) is 1.68. The highest BCUT2D eigenvalue weighted by Gasteiger charge is 1.97. The molecular formula is C3H8O4. The van der Waals surface area contributed by atoms with Crippen LogP contribution in [0.2, 0.25) is 0 Å². The Kier molecular flexibility index (Phi) is 3.92. The highest BCUT2D eigenvalue weighted by Crippen LogP contribution is 1.84. The maximum Gasteiger partial charge on any atom is 0.116 e. The lowest BCUT2D eigenvalue weighted by atomic mass is 10.5. The summed E-state index contributed by atoms with van der Waals surface area (Å²) in [5.41, 5.74) is 0. The van der Waals surface area contributed by atoms with Gasteiger partial charge in [-0.3, -0.25) is 10.5 Å². The largest absolute Gasteiger partial charge is 0.252 e. The van der Waals surface area contributed by atoms with Crippen molar-refractivity contribution in [3.8, 4) is 0 Å². The van der Waals surface area contributed by atoms with Crippen molar-refractivity contribution < 1.29 is 20.3 Å². The van der Waals surface area contributed by atoms with Gasteiger partial charge in [0.25, 0.3) is 0 Å². The lowest BCUT2D eigenvalue weighted by Gasteiger charge is -2.00. The van der Waals surface area contributed by atoms with Gasteiger partial charge < -0.3 is 0 Å². The number of rotatable bonds is 3. The molecule has 0 rings (SSSR count). The molecule has 0 fully saturated rings. The lowest BCUT2D eigenvalue weighted by molar-refractivity contribution is -0.322. The quantitative estimate of drug-likeness (QED) is 0.404. The molecule has 0 aromatic heterocycles. The first kappa shape index (κ1) is 6.84. The lowest BCUT2D eigenvalue weighted by Crippen LogP contribution is -2.12. The van der Waals surface area contributed by atoms with E-state index >= 15 is 0 Å². The van der Waals surface area contributed by atoms with Crippen LogP contribution in [0.1, 0.15) is 6.92 Å². The van der Waals surface area contributed by atoms with Crippen LogP contribution >= 0.6 is 0 Å². The summed E-state index contributed by atoms with van der Waals surface area (Å²) in [7, 11) is 0. The molecule has 2 N–H and O–H groups in total. The zero-order chi connectivity index (χ0) is 5.70. The molecule has 4 nitrogen and oxygen atoms in total. The third-order valence-electron chi connectivity index (χ3n) is 0.489. The van der Waals surface area contributed by atoms with Crippen molar-refractivity contribution in [1.82, 2.24) is 0 Å². The van der Waals surface area contributed by atoms with Crippen molar-refractivity contribution in [2.24, 2.45) is 0 Å². The summed E-state index contributed by atoms with van der Waals surface area (Å²) >= 11 is 0. The molecule has 4 heteroatoms. The van der Waals surface area contributed by atoms with Crippen LogP contribution in [-0.4, -0.2) is 23.2 Å². The Labute approximate surface area is 41.1 Å². The third-order valence-corrected chi connectivity index (χ3v) is 0.489. The number of hydrogen-bond donors (Lipinski definition) is 2. The fourth-order valence-electron chi connectivity index (χ4n) is 0.135. The van der Waals surface area contributed by atoms with E-state index in [1.807, 2.05) is 0 Å². The SMILES string of the molecule is CC(COO)OO. The van der Waals surface area contributed by atoms with Crippen molar-refractivity contribution in [2.75, 3.05) is 6.61 Å². The monoisotopic (exact) mass is 108 g/mol. The van der Waals surface area contributed by atoms with E-state index in [2.05, 4.69) is 9.78 Å². The average molecular weight is 108 g/mol. The highest BCUT2D eigenvalue weighted by molar-refractivity contribution is 4.38. The van der Waals surface area contributed by atoms with Gasteiger partial charge in [-0.15, -0.1) is 0 Å². The van der Waals surface area contributed by atoms with Gasteiger partial charge in [0.2, 0.25) is 0 Å². The van der Waals surface area contributed by atoms with Gasteiger partial charge >= 0.3 is 0 Å². The van der Waals surface area contributed by atoms with Gasteiger partial charge in [-0.05, 0) is 6.92 Å². The Morgan fingerprint density at radius 2 is 2.14 bits per heavy atom. The van der Waals surface area contributed by atoms with E-state index in [1.54, 1.807) is 6.92 Å². The zero-order valence-corrected chi connectivity index (χ0v) is 4.00. The van der Waals surface area contributed by atoms with Crippen LogP contribution in [0.25, 0.3) is 0 Å². The molecule has 0 radical (unpaired) electrons. The first-order chi connectivity index (χ1) is 3.31. The molecule has 0 saturated heterocycles. The summed E-state index contributed by atoms with van der Waals surface area (Å²) in [6, 6.07) is 0. The molecule has 0 spiro atoms. The smallest absolute Gasteiger partial charge is 0.116 e. The molecule has 0 aliphatic rings. The van der Waals surface area contributed by atoms with Crippen molar-refractivity contribution in [3.63, 3.8) is 0 Å². The molecule has 0 aliphatic heterocycles. The summed E-state index contributed by atoms with van der Waals surface area (Å²) in [6.07, 6.45) is -0.468. The van der Waals surface area contributed by atoms with Gasteiger partial charge in [-0.2, -0.15) is 0 Å². The van der Waals surface area contributed by atoms with Crippen molar-refractivity contribution in [1.29, 1.82) is 0 Å². The second-order valence-electron chi connectivity index (χ2n) is 1.21. The van der Waals surface area contributed by atoms with Gasteiger partial charge in [0.1, 0.15) is 12.7 Å². The topological polar surface area (TPSA) is 58.9 Å². The summed E-state index contributed by atoms with van der Waals surface area (Å²) in [4.78, 5) is 7.32. The standard InChI is InChI=1S/C3H8O4/c1-3(7-5)2-6-4/h3-5H,2H2,1H3. The molecule has 0 heterocycles. The van der Waals surface area contributed by atoms with Gasteiger partial charge in [-0.1, -0.05) is 0 Å². The second kappa shape index (κ2) is 4.01. The normalized spacial score (nSPS) is 14.1. The van der Waals surface area contributed by atoms with E-state index in [1.165, 1.54) is 0 Å². The molecule has 0 aromatic rings. The summed E-state index contributed by atoms with van der Waals surface area (Å²) in [5, 5.41) is 15.5. The van der Waals surface area contributed by atoms with E-state index < -0.39 is 6.10 Å². The van der Waals surface area contributed by atoms with Gasteiger partial charge in [0.05, 0.1) is 0 Å². The summed E-state index contributed by atoms with van der Waals surface area (Å²) in [5.74, 6) is 0. The molecule has 7 heavy (non-hydrogen) atoms. The van der Waals surface area contributed by atoms with Crippen LogP contribution in [0.5, 0.6) is 0 Å². The van der Waals surface area contributed by atoms with Crippen molar-refractivity contribution in [2.45, 2.75) is 13.0 Å². The zero-order valence-electron chi connectivity index (χ0n) is 4.00. The van der Waals surface area contributed by atoms with Crippen molar-refractivity contribution >= 4 is 0 Å². The van der Waals surface area contributed by atoms with E-state index in [9.17, 15) is 0 Å². The van der Waals surface area contributed by atoms with Crippen LogP contribution in [0, 0.1) is 0 Å². The Hall–Kier alpha value is -0.160. The van der Waals surface area contributed by atoms with Crippen LogP contribution < -0.4 is 0 Å². The van der Waals surface area contributed by atoms with Crippen LogP contribution in [-0.2, 0) is 9.78 Å². The number of hydrogen-bond acceptors (Lipinski definition) is 4. The predicted octanol–water partition coefficient (Wildman–Crippen LogP) is 0.354. The molecule has 1 unspecified atom stereocenters. The van der Waals surface area contributed by atoms with E-state index in [0.29, 0.717) is 0 Å². The third kappa shape index (κ3) is 3.68. The van der Waals surface area contributed by atoms with Gasteiger partial charge in [0, 0.05) is 0 Å². The van der Waals surface area contributed by atoms with E-state index in [0.717, 1.165) is 0 Å². The van der Waals surface area contributed by atoms with Crippen LogP contribution in [0.3, 0.4) is 0 Å². The fraction of sp³-hybridized carbons (Fsp3) is 1.00. The predicted molar refractivity (Wildman–Crippen MR) is 21.8 cm³/mol. The Morgan fingerprint density at radius 1 is 1.57 bits per heavy atom. The Bertz CT molecular complexity index is 37.9. The fourth-order valence-corrected chi connectivity index (χ4v) is 0.135. The molecular weight excluding hydrogens is 100 g/mol. The van der Waals surface area contributed by atoms with Gasteiger partial charge in [0.15, 0.2) is 0 Å². The van der Waals surface area contributed by atoms with Crippen LogP contribution in [0.4, 0.5) is 0 Å². The maximum atomic E-state index is 7.77. The Morgan fingerprint density at radius 3 is 2.29 bits per heavy atom. The molecule has 0 saturated carbocycles. The minimum Gasteiger partial charge on any atom is -0.252 e. The minimum absolute atomic E-state index is 0.0174. The molecule has 0 aromatic carbocycles. The summed E-state index contributed by atoms with van der Waals surface area (Å²) in [6.45, 7) is 1.53. The second-order valence-corrected chi connectivity index (χ2v) is 1.21.